The number of likely N-dealkylation sites (tertiary alicyclic amines) is 1. The highest BCUT2D eigenvalue weighted by Gasteiger charge is 2.26. The fourth-order valence-corrected chi connectivity index (χ4v) is 3.62. The van der Waals surface area contributed by atoms with Crippen molar-refractivity contribution in [3.05, 3.63) is 42.5 Å². The Morgan fingerprint density at radius 3 is 2.82 bits per heavy atom. The molecule has 1 saturated heterocycles. The molecule has 2 aromatic rings. The maximum Gasteiger partial charge on any atom is 0.233 e. The molecule has 1 amide bonds. The predicted molar refractivity (Wildman–Crippen MR) is 91.0 cm³/mol. The molecule has 2 atom stereocenters. The Morgan fingerprint density at radius 1 is 1.27 bits per heavy atom. The normalized spacial score (nSPS) is 22.0. The molecular weight excluding hydrogens is 294 g/mol. The largest absolute Gasteiger partial charge is 0.391 e. The maximum atomic E-state index is 12.3. The van der Waals surface area contributed by atoms with Gasteiger partial charge in [-0.3, -0.25) is 4.79 Å². The summed E-state index contributed by atoms with van der Waals surface area (Å²) in [5.74, 6) is 0.834. The molecule has 2 unspecified atom stereocenters. The molecule has 0 spiro atoms. The van der Waals surface area contributed by atoms with E-state index in [9.17, 15) is 9.90 Å². The minimum absolute atomic E-state index is 0.115. The van der Waals surface area contributed by atoms with Crippen molar-refractivity contribution in [2.24, 2.45) is 5.92 Å². The average molecular weight is 315 g/mol. The summed E-state index contributed by atoms with van der Waals surface area (Å²) in [5, 5.41) is 12.3. The quantitative estimate of drug-likeness (QED) is 0.885. The maximum absolute atomic E-state index is 12.3. The van der Waals surface area contributed by atoms with E-state index >= 15 is 0 Å². The Hall–Kier alpha value is -1.52. The van der Waals surface area contributed by atoms with E-state index in [1.54, 1.807) is 16.7 Å². The van der Waals surface area contributed by atoms with Gasteiger partial charge >= 0.3 is 0 Å². The van der Waals surface area contributed by atoms with Crippen molar-refractivity contribution in [2.45, 2.75) is 24.3 Å². The minimum atomic E-state index is -0.386. The zero-order valence-corrected chi connectivity index (χ0v) is 13.6. The van der Waals surface area contributed by atoms with Gasteiger partial charge in [0.1, 0.15) is 0 Å². The van der Waals surface area contributed by atoms with Crippen molar-refractivity contribution in [3.63, 3.8) is 0 Å². The summed E-state index contributed by atoms with van der Waals surface area (Å²) >= 11 is 1.57. The molecule has 1 fully saturated rings. The number of benzene rings is 2. The van der Waals surface area contributed by atoms with Crippen LogP contribution in [-0.2, 0) is 4.79 Å². The number of β-amino-alcohol motifs (C(OH)–C–C–N with tert-alkyl or cyclic N) is 1. The smallest absolute Gasteiger partial charge is 0.233 e. The Labute approximate surface area is 135 Å². The number of carbonyl (C=O) groups is 1. The van der Waals surface area contributed by atoms with Crippen LogP contribution >= 0.6 is 11.8 Å². The van der Waals surface area contributed by atoms with Crippen LogP contribution in [-0.4, -0.2) is 40.9 Å². The van der Waals surface area contributed by atoms with Gasteiger partial charge in [-0.15, -0.1) is 11.8 Å². The third kappa shape index (κ3) is 3.45. The van der Waals surface area contributed by atoms with Crippen LogP contribution in [0.2, 0.25) is 0 Å². The Morgan fingerprint density at radius 2 is 2.05 bits per heavy atom. The van der Waals surface area contributed by atoms with E-state index in [0.717, 1.165) is 17.9 Å². The number of thioether (sulfide) groups is 1. The molecule has 1 N–H and O–H groups in total. The molecule has 0 aliphatic carbocycles. The molecule has 0 radical (unpaired) electrons. The molecular formula is C18H21NO2S. The highest BCUT2D eigenvalue weighted by atomic mass is 32.2. The van der Waals surface area contributed by atoms with Gasteiger partial charge in [0, 0.05) is 18.0 Å². The highest BCUT2D eigenvalue weighted by molar-refractivity contribution is 8.00. The summed E-state index contributed by atoms with van der Waals surface area (Å²) < 4.78 is 0. The zero-order chi connectivity index (χ0) is 15.5. The molecule has 22 heavy (non-hydrogen) atoms. The van der Waals surface area contributed by atoms with Crippen molar-refractivity contribution >= 4 is 28.4 Å². The molecule has 4 heteroatoms. The van der Waals surface area contributed by atoms with Gasteiger partial charge < -0.3 is 10.0 Å². The Balaban J connectivity index is 1.60. The first-order valence-electron chi connectivity index (χ1n) is 7.71. The van der Waals surface area contributed by atoms with E-state index < -0.39 is 0 Å². The highest BCUT2D eigenvalue weighted by Crippen LogP contribution is 2.25. The number of rotatable bonds is 3. The number of fused-ring (bicyclic) bond motifs is 1. The topological polar surface area (TPSA) is 40.5 Å². The lowest BCUT2D eigenvalue weighted by molar-refractivity contribution is -0.132. The van der Waals surface area contributed by atoms with Crippen LogP contribution in [0, 0.1) is 5.92 Å². The fraction of sp³-hybridized carbons (Fsp3) is 0.389. The number of aliphatic hydroxyl groups excluding tert-OH is 1. The third-order valence-electron chi connectivity index (χ3n) is 4.35. The van der Waals surface area contributed by atoms with Gasteiger partial charge in [-0.1, -0.05) is 37.3 Å². The first-order chi connectivity index (χ1) is 10.6. The number of hydrogen-bond acceptors (Lipinski definition) is 3. The van der Waals surface area contributed by atoms with Gasteiger partial charge in [-0.05, 0) is 35.2 Å². The summed E-state index contributed by atoms with van der Waals surface area (Å²) in [6, 6.07) is 14.5. The number of piperidine rings is 1. The molecule has 3 rings (SSSR count). The SMILES string of the molecule is CC1CCN(C(=O)CSc2ccc3ccccc3c2)CC1O. The second-order valence-corrected chi connectivity index (χ2v) is 7.02. The average Bonchev–Trinajstić information content (AvgIpc) is 2.55. The van der Waals surface area contributed by atoms with E-state index in [2.05, 4.69) is 30.3 Å². The van der Waals surface area contributed by atoms with Gasteiger partial charge in [-0.2, -0.15) is 0 Å². The lowest BCUT2D eigenvalue weighted by Gasteiger charge is -2.34. The third-order valence-corrected chi connectivity index (χ3v) is 5.33. The summed E-state index contributed by atoms with van der Waals surface area (Å²) in [5.41, 5.74) is 0. The van der Waals surface area contributed by atoms with Crippen LogP contribution in [0.1, 0.15) is 13.3 Å². The van der Waals surface area contributed by atoms with E-state index in [4.69, 9.17) is 0 Å². The molecule has 0 bridgehead atoms. The second-order valence-electron chi connectivity index (χ2n) is 5.97. The number of aliphatic hydroxyl groups is 1. The number of carbonyl (C=O) groups excluding carboxylic acids is 1. The molecule has 1 aliphatic rings. The second kappa shape index (κ2) is 6.71. The Kier molecular flexibility index (Phi) is 4.69. The first-order valence-corrected chi connectivity index (χ1v) is 8.69. The molecule has 1 heterocycles. The number of hydrogen-bond donors (Lipinski definition) is 1. The van der Waals surface area contributed by atoms with Gasteiger partial charge in [-0.25, -0.2) is 0 Å². The van der Waals surface area contributed by atoms with Crippen molar-refractivity contribution in [3.8, 4) is 0 Å². The van der Waals surface area contributed by atoms with Gasteiger partial charge in [0.2, 0.25) is 5.91 Å². The van der Waals surface area contributed by atoms with E-state index in [1.807, 2.05) is 19.1 Å². The standard InChI is InChI=1S/C18H21NO2S/c1-13-8-9-19(11-17(13)20)18(21)12-22-16-7-6-14-4-2-3-5-15(14)10-16/h2-7,10,13,17,20H,8-9,11-12H2,1H3. The first kappa shape index (κ1) is 15.4. The summed E-state index contributed by atoms with van der Waals surface area (Å²) in [6.07, 6.45) is 0.497. The van der Waals surface area contributed by atoms with Gasteiger partial charge in [0.15, 0.2) is 0 Å². The lowest BCUT2D eigenvalue weighted by Crippen LogP contribution is -2.46. The molecule has 0 saturated carbocycles. The number of amides is 1. The molecule has 3 nitrogen and oxygen atoms in total. The predicted octanol–water partition coefficient (Wildman–Crippen LogP) is 3.16. The van der Waals surface area contributed by atoms with Crippen LogP contribution < -0.4 is 0 Å². The summed E-state index contributed by atoms with van der Waals surface area (Å²) in [4.78, 5) is 15.2. The van der Waals surface area contributed by atoms with Crippen LogP contribution in [0.15, 0.2) is 47.4 Å². The van der Waals surface area contributed by atoms with Gasteiger partial charge in [0.25, 0.3) is 0 Å². The fourth-order valence-electron chi connectivity index (χ4n) is 2.77. The van der Waals surface area contributed by atoms with Gasteiger partial charge in [0.05, 0.1) is 11.9 Å². The number of nitrogens with zero attached hydrogens (tertiary/aromatic N) is 1. The molecule has 0 aromatic heterocycles. The molecule has 2 aromatic carbocycles. The Bertz CT molecular complexity index is 673. The van der Waals surface area contributed by atoms with Crippen LogP contribution in [0.5, 0.6) is 0 Å². The van der Waals surface area contributed by atoms with Crippen molar-refractivity contribution < 1.29 is 9.90 Å². The lowest BCUT2D eigenvalue weighted by atomic mass is 9.96. The summed E-state index contributed by atoms with van der Waals surface area (Å²) in [7, 11) is 0. The van der Waals surface area contributed by atoms with Crippen molar-refractivity contribution in [2.75, 3.05) is 18.8 Å². The van der Waals surface area contributed by atoms with Crippen LogP contribution in [0.4, 0.5) is 0 Å². The van der Waals surface area contributed by atoms with Crippen molar-refractivity contribution in [1.29, 1.82) is 0 Å². The van der Waals surface area contributed by atoms with E-state index in [1.165, 1.54) is 10.8 Å². The molecule has 1 aliphatic heterocycles. The zero-order valence-electron chi connectivity index (χ0n) is 12.7. The molecule has 116 valence electrons. The monoisotopic (exact) mass is 315 g/mol. The minimum Gasteiger partial charge on any atom is -0.391 e. The van der Waals surface area contributed by atoms with E-state index in [0.29, 0.717) is 12.3 Å². The van der Waals surface area contributed by atoms with Crippen LogP contribution in [0.3, 0.4) is 0 Å². The summed E-state index contributed by atoms with van der Waals surface area (Å²) in [6.45, 7) is 3.27. The van der Waals surface area contributed by atoms with Crippen LogP contribution in [0.25, 0.3) is 10.8 Å². The van der Waals surface area contributed by atoms with Crippen molar-refractivity contribution in [1.82, 2.24) is 4.90 Å². The van der Waals surface area contributed by atoms with E-state index in [-0.39, 0.29) is 17.9 Å².